The molecule has 0 saturated heterocycles. The molecule has 2 N–H and O–H groups in total. The lowest BCUT2D eigenvalue weighted by Gasteiger charge is -2.42. The lowest BCUT2D eigenvalue weighted by Crippen LogP contribution is -2.42. The predicted molar refractivity (Wildman–Crippen MR) is 89.0 cm³/mol. The van der Waals surface area contributed by atoms with Crippen LogP contribution >= 0.6 is 0 Å². The maximum Gasteiger partial charge on any atom is 0.0705 e. The second kappa shape index (κ2) is 5.10. The van der Waals surface area contributed by atoms with Crippen molar-refractivity contribution in [1.82, 2.24) is 4.98 Å². The van der Waals surface area contributed by atoms with Gasteiger partial charge in [0.05, 0.1) is 5.52 Å². The Labute approximate surface area is 127 Å². The number of nitrogens with zero attached hydrogens (tertiary/aromatic N) is 1. The zero-order valence-corrected chi connectivity index (χ0v) is 13.4. The van der Waals surface area contributed by atoms with Crippen LogP contribution in [0.3, 0.4) is 0 Å². The van der Waals surface area contributed by atoms with Crippen molar-refractivity contribution in [3.8, 4) is 0 Å². The van der Waals surface area contributed by atoms with Gasteiger partial charge < -0.3 is 5.73 Å². The number of hydrogen-bond donors (Lipinski definition) is 1. The molecule has 1 heterocycles. The summed E-state index contributed by atoms with van der Waals surface area (Å²) in [5.74, 6) is 0.780. The van der Waals surface area contributed by atoms with Crippen LogP contribution in [-0.2, 0) is 5.54 Å². The summed E-state index contributed by atoms with van der Waals surface area (Å²) in [4.78, 5) is 4.47. The van der Waals surface area contributed by atoms with Gasteiger partial charge in [-0.15, -0.1) is 0 Å². The Hall–Kier alpha value is -1.41. The summed E-state index contributed by atoms with van der Waals surface area (Å²) in [6.45, 7) is 7.05. The molecule has 0 amide bonds. The molecule has 0 radical (unpaired) electrons. The van der Waals surface area contributed by atoms with Gasteiger partial charge in [-0.25, -0.2) is 0 Å². The van der Waals surface area contributed by atoms with Crippen molar-refractivity contribution in [2.75, 3.05) is 0 Å². The van der Waals surface area contributed by atoms with Crippen LogP contribution < -0.4 is 5.73 Å². The Morgan fingerprint density at radius 2 is 1.81 bits per heavy atom. The number of fused-ring (bicyclic) bond motifs is 1. The highest BCUT2D eigenvalue weighted by Gasteiger charge is 2.37. The highest BCUT2D eigenvalue weighted by Crippen LogP contribution is 2.45. The molecular weight excluding hydrogens is 256 g/mol. The fourth-order valence-corrected chi connectivity index (χ4v) is 3.81. The van der Waals surface area contributed by atoms with Gasteiger partial charge in [-0.2, -0.15) is 0 Å². The third kappa shape index (κ3) is 2.69. The van der Waals surface area contributed by atoms with Gasteiger partial charge in [0, 0.05) is 17.1 Å². The first-order chi connectivity index (χ1) is 9.90. The first-order valence-corrected chi connectivity index (χ1v) is 8.03. The average molecular weight is 282 g/mol. The van der Waals surface area contributed by atoms with Crippen LogP contribution in [0.4, 0.5) is 0 Å². The Bertz CT molecular complexity index is 626. The molecule has 2 nitrogen and oxygen atoms in total. The van der Waals surface area contributed by atoms with Crippen LogP contribution in [0, 0.1) is 11.3 Å². The van der Waals surface area contributed by atoms with E-state index in [0.717, 1.165) is 24.3 Å². The summed E-state index contributed by atoms with van der Waals surface area (Å²) >= 11 is 0. The highest BCUT2D eigenvalue weighted by molar-refractivity contribution is 5.83. The quantitative estimate of drug-likeness (QED) is 0.828. The molecule has 3 rings (SSSR count). The Balaban J connectivity index is 1.93. The third-order valence-corrected chi connectivity index (χ3v) is 5.28. The van der Waals surface area contributed by atoms with E-state index in [-0.39, 0.29) is 5.54 Å². The van der Waals surface area contributed by atoms with Crippen LogP contribution in [0.15, 0.2) is 36.5 Å². The zero-order chi connectivity index (χ0) is 15.1. The summed E-state index contributed by atoms with van der Waals surface area (Å²) in [7, 11) is 0. The smallest absolute Gasteiger partial charge is 0.0705 e. The van der Waals surface area contributed by atoms with Gasteiger partial charge in [0.15, 0.2) is 0 Å². The molecule has 1 aliphatic rings. The largest absolute Gasteiger partial charge is 0.321 e. The molecule has 1 aliphatic carbocycles. The maximum absolute atomic E-state index is 6.82. The van der Waals surface area contributed by atoms with Crippen LogP contribution in [0.5, 0.6) is 0 Å². The van der Waals surface area contributed by atoms with E-state index in [1.165, 1.54) is 23.8 Å². The summed E-state index contributed by atoms with van der Waals surface area (Å²) in [5, 5.41) is 1.22. The Morgan fingerprint density at radius 1 is 1.10 bits per heavy atom. The third-order valence-electron chi connectivity index (χ3n) is 5.28. The first-order valence-electron chi connectivity index (χ1n) is 8.03. The van der Waals surface area contributed by atoms with E-state index in [2.05, 4.69) is 50.0 Å². The molecule has 1 aromatic heterocycles. The minimum atomic E-state index is -0.190. The lowest BCUT2D eigenvalue weighted by molar-refractivity contribution is 0.134. The molecule has 2 heteroatoms. The van der Waals surface area contributed by atoms with Gasteiger partial charge in [0.1, 0.15) is 0 Å². The molecule has 112 valence electrons. The van der Waals surface area contributed by atoms with Crippen molar-refractivity contribution < 1.29 is 0 Å². The van der Waals surface area contributed by atoms with Crippen LogP contribution in [0.2, 0.25) is 0 Å². The first kappa shape index (κ1) is 14.5. The predicted octanol–water partition coefficient (Wildman–Crippen LogP) is 4.63. The minimum Gasteiger partial charge on any atom is -0.321 e. The minimum absolute atomic E-state index is 0.190. The number of hydrogen-bond acceptors (Lipinski definition) is 2. The standard InChI is InChI=1S/C19H26N2/c1-18(2,3)14-9-11-19(20,12-10-14)16-7-4-8-17-15(16)6-5-13-21-17/h4-8,13-14H,9-12,20H2,1-3H3. The summed E-state index contributed by atoms with van der Waals surface area (Å²) < 4.78 is 0. The van der Waals surface area contributed by atoms with E-state index in [4.69, 9.17) is 5.73 Å². The molecule has 1 fully saturated rings. The lowest BCUT2D eigenvalue weighted by atomic mass is 9.65. The van der Waals surface area contributed by atoms with Gasteiger partial charge >= 0.3 is 0 Å². The zero-order valence-electron chi connectivity index (χ0n) is 13.4. The van der Waals surface area contributed by atoms with E-state index < -0.39 is 0 Å². The fraction of sp³-hybridized carbons (Fsp3) is 0.526. The highest BCUT2D eigenvalue weighted by atomic mass is 14.8. The molecule has 0 spiro atoms. The van der Waals surface area contributed by atoms with Crippen molar-refractivity contribution in [3.63, 3.8) is 0 Å². The maximum atomic E-state index is 6.82. The number of pyridine rings is 1. The van der Waals surface area contributed by atoms with E-state index in [1.54, 1.807) is 0 Å². The van der Waals surface area contributed by atoms with Crippen molar-refractivity contribution in [2.45, 2.75) is 52.0 Å². The summed E-state index contributed by atoms with van der Waals surface area (Å²) in [5.41, 5.74) is 9.36. The SMILES string of the molecule is CC(C)(C)C1CCC(N)(c2cccc3ncccc23)CC1. The topological polar surface area (TPSA) is 38.9 Å². The Morgan fingerprint density at radius 3 is 2.48 bits per heavy atom. The van der Waals surface area contributed by atoms with Crippen LogP contribution in [0.25, 0.3) is 10.9 Å². The molecule has 1 aromatic carbocycles. The molecule has 21 heavy (non-hydrogen) atoms. The number of rotatable bonds is 1. The van der Waals surface area contributed by atoms with E-state index in [1.807, 2.05) is 12.3 Å². The summed E-state index contributed by atoms with van der Waals surface area (Å²) in [6, 6.07) is 10.5. The summed E-state index contributed by atoms with van der Waals surface area (Å²) in [6.07, 6.45) is 6.44. The molecule has 2 aromatic rings. The molecule has 0 unspecified atom stereocenters. The van der Waals surface area contributed by atoms with Crippen molar-refractivity contribution in [1.29, 1.82) is 0 Å². The van der Waals surface area contributed by atoms with E-state index >= 15 is 0 Å². The number of nitrogens with two attached hydrogens (primary N) is 1. The monoisotopic (exact) mass is 282 g/mol. The van der Waals surface area contributed by atoms with E-state index in [9.17, 15) is 0 Å². The second-order valence-electron chi connectivity index (χ2n) is 7.67. The van der Waals surface area contributed by atoms with Gasteiger partial charge in [0.2, 0.25) is 0 Å². The molecule has 0 atom stereocenters. The van der Waals surface area contributed by atoms with Gasteiger partial charge in [-0.1, -0.05) is 39.0 Å². The van der Waals surface area contributed by atoms with Gasteiger partial charge in [0.25, 0.3) is 0 Å². The second-order valence-corrected chi connectivity index (χ2v) is 7.67. The molecular formula is C19H26N2. The molecule has 0 bridgehead atoms. The number of aromatic nitrogens is 1. The van der Waals surface area contributed by atoms with Gasteiger partial charge in [-0.05, 0) is 54.7 Å². The van der Waals surface area contributed by atoms with E-state index in [0.29, 0.717) is 5.41 Å². The van der Waals surface area contributed by atoms with Gasteiger partial charge in [-0.3, -0.25) is 4.98 Å². The van der Waals surface area contributed by atoms with Crippen LogP contribution in [0.1, 0.15) is 52.0 Å². The van der Waals surface area contributed by atoms with Crippen LogP contribution in [-0.4, -0.2) is 4.98 Å². The van der Waals surface area contributed by atoms with Crippen molar-refractivity contribution >= 4 is 10.9 Å². The number of benzene rings is 1. The fourth-order valence-electron chi connectivity index (χ4n) is 3.81. The normalized spacial score (nSPS) is 27.0. The average Bonchev–Trinajstić information content (AvgIpc) is 2.46. The van der Waals surface area contributed by atoms with Crippen molar-refractivity contribution in [2.24, 2.45) is 17.1 Å². The Kier molecular flexibility index (Phi) is 3.53. The molecule has 1 saturated carbocycles. The van der Waals surface area contributed by atoms with Crippen molar-refractivity contribution in [3.05, 3.63) is 42.1 Å². The molecule has 0 aliphatic heterocycles.